The van der Waals surface area contributed by atoms with Crippen LogP contribution in [0.3, 0.4) is 0 Å². The van der Waals surface area contributed by atoms with Crippen molar-refractivity contribution < 1.29 is 24.5 Å². The minimum absolute atomic E-state index is 0.0200. The van der Waals surface area contributed by atoms with Crippen LogP contribution in [0, 0.1) is 3.57 Å². The van der Waals surface area contributed by atoms with Gasteiger partial charge in [-0.25, -0.2) is 4.98 Å². The third kappa shape index (κ3) is 4.57. The second kappa shape index (κ2) is 9.87. The zero-order chi connectivity index (χ0) is 23.8. The lowest BCUT2D eigenvalue weighted by molar-refractivity contribution is -0.152. The molecule has 1 amide bonds. The molecule has 0 bridgehead atoms. The first-order valence-electron chi connectivity index (χ1n) is 10.7. The van der Waals surface area contributed by atoms with E-state index in [0.29, 0.717) is 49.8 Å². The predicted molar refractivity (Wildman–Crippen MR) is 130 cm³/mol. The minimum Gasteiger partial charge on any atom is -0.387 e. The molecule has 0 radical (unpaired) electrons. The standard InChI is InChI=1S/C21H22ClIN6O5/c22-21-26-17(24-9-11-2-1-3-12(23)8-11)13-18(27-21)29(10-25-13)20-15(31)14(30)16(34-20)19(32)28-4-6-33-7-5-28/h1-3,8,10,14-16,20,30-31H,4-7,9H2,(H,24,26,27). The van der Waals surface area contributed by atoms with Gasteiger partial charge < -0.3 is 29.9 Å². The number of aliphatic hydroxyl groups excluding tert-OH is 2. The molecule has 2 aliphatic rings. The number of hydrogen-bond donors (Lipinski definition) is 3. The molecule has 13 heteroatoms. The van der Waals surface area contributed by atoms with E-state index < -0.39 is 30.4 Å². The first-order valence-corrected chi connectivity index (χ1v) is 12.1. The highest BCUT2D eigenvalue weighted by Gasteiger charge is 2.49. The second-order valence-electron chi connectivity index (χ2n) is 8.01. The van der Waals surface area contributed by atoms with Crippen molar-refractivity contribution >= 4 is 57.1 Å². The minimum atomic E-state index is -1.41. The van der Waals surface area contributed by atoms with Crippen LogP contribution in [-0.2, 0) is 20.8 Å². The summed E-state index contributed by atoms with van der Waals surface area (Å²) in [5.74, 6) is 0.0240. The predicted octanol–water partition coefficient (Wildman–Crippen LogP) is 1.17. The lowest BCUT2D eigenvalue weighted by atomic mass is 10.1. The van der Waals surface area contributed by atoms with Gasteiger partial charge in [-0.1, -0.05) is 12.1 Å². The third-order valence-corrected chi connectivity index (χ3v) is 6.66. The Balaban J connectivity index is 1.40. The van der Waals surface area contributed by atoms with Gasteiger partial charge in [0.1, 0.15) is 12.2 Å². The molecule has 2 saturated heterocycles. The number of morpholine rings is 1. The Bertz CT molecular complexity index is 1210. The smallest absolute Gasteiger partial charge is 0.254 e. The summed E-state index contributed by atoms with van der Waals surface area (Å²) in [6.07, 6.45) is -3.65. The van der Waals surface area contributed by atoms with Crippen LogP contribution in [0.15, 0.2) is 30.6 Å². The molecule has 3 aromatic rings. The highest BCUT2D eigenvalue weighted by molar-refractivity contribution is 14.1. The summed E-state index contributed by atoms with van der Waals surface area (Å²) in [6, 6.07) is 8.00. The molecule has 2 fully saturated rings. The van der Waals surface area contributed by atoms with Crippen LogP contribution < -0.4 is 5.32 Å². The molecule has 2 aliphatic heterocycles. The summed E-state index contributed by atoms with van der Waals surface area (Å²) in [5.41, 5.74) is 1.78. The van der Waals surface area contributed by atoms with E-state index in [-0.39, 0.29) is 5.28 Å². The molecule has 0 spiro atoms. The monoisotopic (exact) mass is 600 g/mol. The Hall–Kier alpha value is -2.10. The van der Waals surface area contributed by atoms with Crippen LogP contribution in [0.1, 0.15) is 11.8 Å². The van der Waals surface area contributed by atoms with Crippen LogP contribution in [0.25, 0.3) is 11.2 Å². The first kappa shape index (κ1) is 23.6. The van der Waals surface area contributed by atoms with Crippen LogP contribution in [0.5, 0.6) is 0 Å². The van der Waals surface area contributed by atoms with E-state index in [4.69, 9.17) is 21.1 Å². The van der Waals surface area contributed by atoms with Crippen LogP contribution in [-0.4, -0.2) is 85.2 Å². The van der Waals surface area contributed by atoms with E-state index in [2.05, 4.69) is 42.9 Å². The topological polar surface area (TPSA) is 135 Å². The molecule has 34 heavy (non-hydrogen) atoms. The van der Waals surface area contributed by atoms with E-state index >= 15 is 0 Å². The number of aliphatic hydroxyl groups is 2. The fraction of sp³-hybridized carbons (Fsp3) is 0.429. The summed E-state index contributed by atoms with van der Waals surface area (Å²) >= 11 is 8.43. The first-order chi connectivity index (χ1) is 16.4. The number of anilines is 1. The maximum absolute atomic E-state index is 12.9. The van der Waals surface area contributed by atoms with Gasteiger partial charge >= 0.3 is 0 Å². The number of rotatable bonds is 5. The van der Waals surface area contributed by atoms with Crippen molar-refractivity contribution in [2.24, 2.45) is 0 Å². The molecule has 4 atom stereocenters. The van der Waals surface area contributed by atoms with E-state index in [9.17, 15) is 15.0 Å². The van der Waals surface area contributed by atoms with E-state index in [1.54, 1.807) is 4.90 Å². The largest absolute Gasteiger partial charge is 0.387 e. The number of nitrogens with one attached hydrogen (secondary N) is 1. The van der Waals surface area contributed by atoms with Gasteiger partial charge in [0.05, 0.1) is 19.5 Å². The fourth-order valence-corrected chi connectivity index (χ4v) is 4.86. The number of carbonyl (C=O) groups is 1. The van der Waals surface area contributed by atoms with Crippen LogP contribution in [0.2, 0.25) is 5.28 Å². The quantitative estimate of drug-likeness (QED) is 0.291. The highest BCUT2D eigenvalue weighted by atomic mass is 127. The van der Waals surface area contributed by atoms with Crippen molar-refractivity contribution in [2.75, 3.05) is 31.6 Å². The van der Waals surface area contributed by atoms with Crippen molar-refractivity contribution in [3.8, 4) is 0 Å². The molecule has 11 nitrogen and oxygen atoms in total. The average Bonchev–Trinajstić information content (AvgIpc) is 3.38. The lowest BCUT2D eigenvalue weighted by Gasteiger charge is -2.29. The normalized spacial score (nSPS) is 25.1. The third-order valence-electron chi connectivity index (χ3n) is 5.82. The van der Waals surface area contributed by atoms with Gasteiger partial charge in [0, 0.05) is 23.2 Å². The average molecular weight is 601 g/mol. The highest BCUT2D eigenvalue weighted by Crippen LogP contribution is 2.34. The molecule has 3 N–H and O–H groups in total. The van der Waals surface area contributed by atoms with Gasteiger partial charge in [0.2, 0.25) is 5.28 Å². The molecular weight excluding hydrogens is 579 g/mol. The Morgan fingerprint density at radius 2 is 2.03 bits per heavy atom. The number of benzene rings is 1. The van der Waals surface area contributed by atoms with Crippen molar-refractivity contribution in [3.63, 3.8) is 0 Å². The Morgan fingerprint density at radius 1 is 1.24 bits per heavy atom. The van der Waals surface area contributed by atoms with E-state index in [1.165, 1.54) is 10.9 Å². The Labute approximate surface area is 213 Å². The zero-order valence-corrected chi connectivity index (χ0v) is 20.8. The van der Waals surface area contributed by atoms with Crippen LogP contribution in [0.4, 0.5) is 5.82 Å². The molecule has 0 saturated carbocycles. The van der Waals surface area contributed by atoms with Crippen LogP contribution >= 0.6 is 34.2 Å². The van der Waals surface area contributed by atoms with Gasteiger partial charge in [0.25, 0.3) is 5.91 Å². The van der Waals surface area contributed by atoms with Gasteiger partial charge in [-0.3, -0.25) is 9.36 Å². The number of fused-ring (bicyclic) bond motifs is 1. The number of ether oxygens (including phenoxy) is 2. The van der Waals surface area contributed by atoms with Gasteiger partial charge in [-0.05, 0) is 51.9 Å². The Kier molecular flexibility index (Phi) is 6.86. The van der Waals surface area contributed by atoms with Gasteiger partial charge in [0.15, 0.2) is 29.3 Å². The van der Waals surface area contributed by atoms with Gasteiger partial charge in [-0.2, -0.15) is 9.97 Å². The maximum atomic E-state index is 12.9. The van der Waals surface area contributed by atoms with E-state index in [1.807, 2.05) is 24.3 Å². The molecule has 4 heterocycles. The summed E-state index contributed by atoms with van der Waals surface area (Å²) in [6.45, 7) is 2.13. The fourth-order valence-electron chi connectivity index (χ4n) is 4.09. The number of imidazole rings is 1. The van der Waals surface area contributed by atoms with Crippen molar-refractivity contribution in [3.05, 3.63) is 45.0 Å². The molecule has 0 aliphatic carbocycles. The van der Waals surface area contributed by atoms with Crippen molar-refractivity contribution in [2.45, 2.75) is 31.1 Å². The number of carbonyl (C=O) groups excluding carboxylic acids is 1. The van der Waals surface area contributed by atoms with Crippen molar-refractivity contribution in [1.29, 1.82) is 0 Å². The lowest BCUT2D eigenvalue weighted by Crippen LogP contribution is -2.49. The molecular formula is C21H22ClIN6O5. The summed E-state index contributed by atoms with van der Waals surface area (Å²) < 4.78 is 13.7. The molecule has 5 rings (SSSR count). The molecule has 1 aromatic carbocycles. The number of amides is 1. The second-order valence-corrected chi connectivity index (χ2v) is 9.60. The maximum Gasteiger partial charge on any atom is 0.254 e. The van der Waals surface area contributed by atoms with E-state index in [0.717, 1.165) is 9.13 Å². The summed E-state index contributed by atoms with van der Waals surface area (Å²) in [5, 5.41) is 24.5. The number of hydrogen-bond acceptors (Lipinski definition) is 9. The number of aromatic nitrogens is 4. The van der Waals surface area contributed by atoms with Crippen molar-refractivity contribution in [1.82, 2.24) is 24.4 Å². The Morgan fingerprint density at radius 3 is 2.79 bits per heavy atom. The molecule has 4 unspecified atom stereocenters. The summed E-state index contributed by atoms with van der Waals surface area (Å²) in [4.78, 5) is 27.3. The molecule has 180 valence electrons. The SMILES string of the molecule is O=C(C1OC(n2cnc3c(NCc4cccc(I)c4)nc(Cl)nc32)C(O)C1O)N1CCOCC1. The van der Waals surface area contributed by atoms with Gasteiger partial charge in [-0.15, -0.1) is 0 Å². The zero-order valence-electron chi connectivity index (χ0n) is 17.8. The number of halogens is 2. The number of nitrogens with zero attached hydrogens (tertiary/aromatic N) is 5. The summed E-state index contributed by atoms with van der Waals surface area (Å²) in [7, 11) is 0. The molecule has 2 aromatic heterocycles.